The summed E-state index contributed by atoms with van der Waals surface area (Å²) in [6.45, 7) is 0.526. The van der Waals surface area contributed by atoms with Gasteiger partial charge in [0.2, 0.25) is 0 Å². The van der Waals surface area contributed by atoms with Gasteiger partial charge in [0, 0.05) is 35.0 Å². The molecule has 17 heavy (non-hydrogen) atoms. The molecule has 0 radical (unpaired) electrons. The van der Waals surface area contributed by atoms with Gasteiger partial charge in [-0.2, -0.15) is 11.8 Å². The van der Waals surface area contributed by atoms with Crippen molar-refractivity contribution in [3.05, 3.63) is 38.9 Å². The van der Waals surface area contributed by atoms with Crippen molar-refractivity contribution < 1.29 is 4.92 Å². The van der Waals surface area contributed by atoms with Gasteiger partial charge in [-0.05, 0) is 24.3 Å². The Balaban J connectivity index is 2.06. The highest BCUT2D eigenvalue weighted by atomic mass is 35.5. The maximum absolute atomic E-state index is 10.9. The van der Waals surface area contributed by atoms with Crippen molar-refractivity contribution in [2.45, 2.75) is 19.0 Å². The van der Waals surface area contributed by atoms with E-state index in [0.717, 1.165) is 12.2 Å². The van der Waals surface area contributed by atoms with Gasteiger partial charge in [-0.15, -0.1) is 0 Å². The van der Waals surface area contributed by atoms with Crippen molar-refractivity contribution in [3.8, 4) is 0 Å². The first kappa shape index (κ1) is 12.7. The van der Waals surface area contributed by atoms with E-state index in [0.29, 0.717) is 23.2 Å². The number of hydrogen-bond donors (Lipinski definition) is 1. The molecule has 1 heterocycles. The maximum atomic E-state index is 10.9. The Morgan fingerprint density at radius 2 is 2.41 bits per heavy atom. The highest BCUT2D eigenvalue weighted by molar-refractivity contribution is 7.99. The Morgan fingerprint density at radius 1 is 1.59 bits per heavy atom. The minimum absolute atomic E-state index is 0.0932. The second-order valence-electron chi connectivity index (χ2n) is 3.97. The van der Waals surface area contributed by atoms with Crippen molar-refractivity contribution in [2.75, 3.05) is 11.5 Å². The minimum Gasteiger partial charge on any atom is -0.309 e. The average Bonchev–Trinajstić information content (AvgIpc) is 2.80. The van der Waals surface area contributed by atoms with E-state index in [1.54, 1.807) is 12.1 Å². The first-order valence-corrected chi connectivity index (χ1v) is 6.94. The standard InChI is InChI=1S/C11H13ClN2O2S/c12-9-2-1-8(11(5-9)14(15)16)6-13-10-3-4-17-7-10/h1-2,5,10,13H,3-4,6-7H2. The largest absolute Gasteiger partial charge is 0.309 e. The van der Waals surface area contributed by atoms with Crippen LogP contribution >= 0.6 is 23.4 Å². The topological polar surface area (TPSA) is 55.2 Å². The van der Waals surface area contributed by atoms with Gasteiger partial charge in [-0.3, -0.25) is 10.1 Å². The number of thioether (sulfide) groups is 1. The molecular formula is C11H13ClN2O2S. The fourth-order valence-corrected chi connectivity index (χ4v) is 3.16. The molecular weight excluding hydrogens is 260 g/mol. The number of nitrogens with zero attached hydrogens (tertiary/aromatic N) is 1. The predicted molar refractivity (Wildman–Crippen MR) is 70.7 cm³/mol. The highest BCUT2D eigenvalue weighted by Crippen LogP contribution is 2.24. The second-order valence-corrected chi connectivity index (χ2v) is 5.56. The molecule has 0 spiro atoms. The number of nitro groups is 1. The molecule has 1 unspecified atom stereocenters. The van der Waals surface area contributed by atoms with E-state index in [-0.39, 0.29) is 10.6 Å². The summed E-state index contributed by atoms with van der Waals surface area (Å²) < 4.78 is 0. The fourth-order valence-electron chi connectivity index (χ4n) is 1.81. The average molecular weight is 273 g/mol. The van der Waals surface area contributed by atoms with E-state index >= 15 is 0 Å². The van der Waals surface area contributed by atoms with Gasteiger partial charge in [0.1, 0.15) is 0 Å². The van der Waals surface area contributed by atoms with E-state index in [2.05, 4.69) is 5.32 Å². The Kier molecular flexibility index (Phi) is 4.25. The molecule has 4 nitrogen and oxygen atoms in total. The smallest absolute Gasteiger partial charge is 0.275 e. The van der Waals surface area contributed by atoms with Gasteiger partial charge in [-0.1, -0.05) is 11.6 Å². The minimum atomic E-state index is -0.383. The van der Waals surface area contributed by atoms with E-state index < -0.39 is 0 Å². The van der Waals surface area contributed by atoms with E-state index in [1.165, 1.54) is 11.8 Å². The molecule has 0 aliphatic carbocycles. The first-order valence-electron chi connectivity index (χ1n) is 5.41. The molecule has 1 aromatic carbocycles. The Morgan fingerprint density at radius 3 is 3.06 bits per heavy atom. The number of nitro benzene ring substituents is 1. The quantitative estimate of drug-likeness (QED) is 0.676. The molecule has 92 valence electrons. The third kappa shape index (κ3) is 3.34. The van der Waals surface area contributed by atoms with Crippen molar-refractivity contribution in [1.82, 2.24) is 5.32 Å². The van der Waals surface area contributed by atoms with Crippen molar-refractivity contribution in [2.24, 2.45) is 0 Å². The number of hydrogen-bond acceptors (Lipinski definition) is 4. The lowest BCUT2D eigenvalue weighted by atomic mass is 10.1. The van der Waals surface area contributed by atoms with Crippen LogP contribution in [0.25, 0.3) is 0 Å². The van der Waals surface area contributed by atoms with E-state index in [1.807, 2.05) is 11.8 Å². The molecule has 2 rings (SSSR count). The van der Waals surface area contributed by atoms with Crippen LogP contribution in [0, 0.1) is 10.1 Å². The van der Waals surface area contributed by atoms with Crippen LogP contribution in [-0.4, -0.2) is 22.5 Å². The fraction of sp³-hybridized carbons (Fsp3) is 0.455. The summed E-state index contributed by atoms with van der Waals surface area (Å²) in [6, 6.07) is 5.28. The summed E-state index contributed by atoms with van der Waals surface area (Å²) in [5.74, 6) is 2.25. The Hall–Kier alpha value is -0.780. The number of nitrogens with one attached hydrogen (secondary N) is 1. The summed E-state index contributed by atoms with van der Waals surface area (Å²) >= 11 is 7.67. The molecule has 0 amide bonds. The first-order chi connectivity index (χ1) is 8.16. The van der Waals surface area contributed by atoms with Gasteiger partial charge >= 0.3 is 0 Å². The van der Waals surface area contributed by atoms with Crippen LogP contribution in [-0.2, 0) is 6.54 Å². The molecule has 0 saturated carbocycles. The molecule has 1 aliphatic heterocycles. The zero-order valence-corrected chi connectivity index (χ0v) is 10.8. The molecule has 1 fully saturated rings. The Bertz CT molecular complexity index is 422. The maximum Gasteiger partial charge on any atom is 0.275 e. The molecule has 1 atom stereocenters. The van der Waals surface area contributed by atoms with Crippen LogP contribution < -0.4 is 5.32 Å². The van der Waals surface area contributed by atoms with Gasteiger partial charge in [0.15, 0.2) is 0 Å². The normalized spacial score (nSPS) is 19.5. The molecule has 1 aliphatic rings. The van der Waals surface area contributed by atoms with Crippen LogP contribution in [0.4, 0.5) is 5.69 Å². The lowest BCUT2D eigenvalue weighted by Gasteiger charge is -2.11. The van der Waals surface area contributed by atoms with Crippen molar-refractivity contribution >= 4 is 29.1 Å². The molecule has 0 aromatic heterocycles. The summed E-state index contributed by atoms with van der Waals surface area (Å²) in [5, 5.41) is 14.6. The van der Waals surface area contributed by atoms with Crippen LogP contribution in [0.5, 0.6) is 0 Å². The third-order valence-electron chi connectivity index (χ3n) is 2.75. The van der Waals surface area contributed by atoms with Crippen LogP contribution in [0.3, 0.4) is 0 Å². The van der Waals surface area contributed by atoms with Crippen LogP contribution in [0.2, 0.25) is 5.02 Å². The zero-order chi connectivity index (χ0) is 12.3. The van der Waals surface area contributed by atoms with Crippen LogP contribution in [0.15, 0.2) is 18.2 Å². The molecule has 1 aromatic rings. The van der Waals surface area contributed by atoms with Crippen molar-refractivity contribution in [1.29, 1.82) is 0 Å². The SMILES string of the molecule is O=[N+]([O-])c1cc(Cl)ccc1CNC1CCSC1. The van der Waals surface area contributed by atoms with E-state index in [9.17, 15) is 10.1 Å². The monoisotopic (exact) mass is 272 g/mol. The summed E-state index contributed by atoms with van der Waals surface area (Å²) in [7, 11) is 0. The van der Waals surface area contributed by atoms with E-state index in [4.69, 9.17) is 11.6 Å². The highest BCUT2D eigenvalue weighted by Gasteiger charge is 2.18. The third-order valence-corrected chi connectivity index (χ3v) is 4.15. The van der Waals surface area contributed by atoms with Crippen molar-refractivity contribution in [3.63, 3.8) is 0 Å². The molecule has 0 bridgehead atoms. The molecule has 1 N–H and O–H groups in total. The number of benzene rings is 1. The summed E-state index contributed by atoms with van der Waals surface area (Å²) in [5.41, 5.74) is 0.784. The lowest BCUT2D eigenvalue weighted by molar-refractivity contribution is -0.385. The Labute approximate surface area is 109 Å². The molecule has 1 saturated heterocycles. The zero-order valence-electron chi connectivity index (χ0n) is 9.19. The predicted octanol–water partition coefficient (Wildman–Crippen LogP) is 2.84. The molecule has 6 heteroatoms. The van der Waals surface area contributed by atoms with Gasteiger partial charge in [0.05, 0.1) is 4.92 Å². The lowest BCUT2D eigenvalue weighted by Crippen LogP contribution is -2.28. The van der Waals surface area contributed by atoms with Crippen LogP contribution in [0.1, 0.15) is 12.0 Å². The van der Waals surface area contributed by atoms with Gasteiger partial charge in [-0.25, -0.2) is 0 Å². The van der Waals surface area contributed by atoms with Gasteiger partial charge < -0.3 is 5.32 Å². The number of rotatable bonds is 4. The van der Waals surface area contributed by atoms with Gasteiger partial charge in [0.25, 0.3) is 5.69 Å². The second kappa shape index (κ2) is 5.71. The summed E-state index contributed by atoms with van der Waals surface area (Å²) in [4.78, 5) is 10.5. The summed E-state index contributed by atoms with van der Waals surface area (Å²) in [6.07, 6.45) is 1.13. The number of halogens is 1.